The van der Waals surface area contributed by atoms with Gasteiger partial charge in [0.25, 0.3) is 0 Å². The van der Waals surface area contributed by atoms with Crippen LogP contribution in [0.3, 0.4) is 0 Å². The van der Waals surface area contributed by atoms with E-state index in [1.54, 1.807) is 11.0 Å². The first-order valence-corrected chi connectivity index (χ1v) is 13.3. The first-order valence-electron chi connectivity index (χ1n) is 11.4. The van der Waals surface area contributed by atoms with Crippen LogP contribution in [-0.2, 0) is 19.4 Å². The number of likely N-dealkylation sites (tertiary alicyclic amines) is 1. The molecule has 1 fully saturated rings. The Morgan fingerprint density at radius 1 is 1.14 bits per heavy atom. The summed E-state index contributed by atoms with van der Waals surface area (Å²) in [5.41, 5.74) is 1.08. The van der Waals surface area contributed by atoms with E-state index in [1.165, 1.54) is 30.5 Å². The molecule has 3 rings (SSSR count). The highest BCUT2D eigenvalue weighted by atomic mass is 32.2. The quantitative estimate of drug-likeness (QED) is 0.383. The van der Waals surface area contributed by atoms with E-state index >= 15 is 0 Å². The van der Waals surface area contributed by atoms with Gasteiger partial charge < -0.3 is 14.4 Å². The van der Waals surface area contributed by atoms with Crippen molar-refractivity contribution < 1.29 is 40.7 Å². The molecular weight excluding hydrogens is 513 g/mol. The van der Waals surface area contributed by atoms with E-state index in [9.17, 15) is 31.2 Å². The number of carbonyl (C=O) groups is 2. The second kappa shape index (κ2) is 11.3. The molecule has 1 amide bonds. The number of piperidine rings is 1. The minimum atomic E-state index is -5.23. The summed E-state index contributed by atoms with van der Waals surface area (Å²) < 4.78 is 72.4. The predicted molar refractivity (Wildman–Crippen MR) is 129 cm³/mol. The topological polar surface area (TPSA) is 103 Å². The summed E-state index contributed by atoms with van der Waals surface area (Å²) in [5.74, 6) is -2.73. The molecule has 0 N–H and O–H groups in total. The lowest BCUT2D eigenvalue weighted by molar-refractivity contribution is -0.189. The molecule has 200 valence electrons. The molecule has 0 atom stereocenters. The van der Waals surface area contributed by atoms with E-state index in [0.717, 1.165) is 17.9 Å². The van der Waals surface area contributed by atoms with Crippen molar-refractivity contribution in [3.8, 4) is 22.8 Å². The number of sulfone groups is 1. The number of aromatic nitrogens is 1. The van der Waals surface area contributed by atoms with Crippen molar-refractivity contribution in [2.24, 2.45) is 5.92 Å². The maximum absolute atomic E-state index is 12.9. The lowest BCUT2D eigenvalue weighted by atomic mass is 9.97. The second-order valence-electron chi connectivity index (χ2n) is 9.00. The molecule has 12 heteroatoms. The summed E-state index contributed by atoms with van der Waals surface area (Å²) in [4.78, 5) is 29.6. The van der Waals surface area contributed by atoms with Gasteiger partial charge in [0.1, 0.15) is 11.4 Å². The number of benzene rings is 1. The number of nitrogens with zero attached hydrogens (tertiary/aromatic N) is 2. The first-order chi connectivity index (χ1) is 17.2. The lowest BCUT2D eigenvalue weighted by Gasteiger charge is -2.31. The molecule has 0 saturated carbocycles. The van der Waals surface area contributed by atoms with Gasteiger partial charge in [0.05, 0.1) is 17.7 Å². The van der Waals surface area contributed by atoms with E-state index in [0.29, 0.717) is 25.9 Å². The van der Waals surface area contributed by atoms with Crippen LogP contribution in [0.2, 0.25) is 0 Å². The Morgan fingerprint density at radius 2 is 1.76 bits per heavy atom. The maximum Gasteiger partial charge on any atom is 0.491 e. The molecule has 0 unspecified atom stereocenters. The largest absolute Gasteiger partial charge is 0.492 e. The van der Waals surface area contributed by atoms with Gasteiger partial charge >= 0.3 is 12.1 Å². The Hall–Kier alpha value is -3.41. The van der Waals surface area contributed by atoms with Crippen molar-refractivity contribution in [3.63, 3.8) is 0 Å². The van der Waals surface area contributed by atoms with Crippen molar-refractivity contribution in [3.05, 3.63) is 48.2 Å². The third-order valence-corrected chi connectivity index (χ3v) is 6.77. The number of ether oxygens (including phenoxy) is 2. The van der Waals surface area contributed by atoms with Gasteiger partial charge in [-0.15, -0.1) is 0 Å². The smallest absolute Gasteiger partial charge is 0.491 e. The van der Waals surface area contributed by atoms with Crippen molar-refractivity contribution in [2.45, 2.75) is 37.8 Å². The van der Waals surface area contributed by atoms with Gasteiger partial charge in [0, 0.05) is 37.1 Å². The molecule has 0 aliphatic carbocycles. The molecule has 1 aromatic heterocycles. The number of carbonyl (C=O) groups excluding carboxylic acids is 2. The van der Waals surface area contributed by atoms with Crippen LogP contribution < -0.4 is 9.47 Å². The molecule has 2 aromatic rings. The second-order valence-corrected chi connectivity index (χ2v) is 11.0. The zero-order valence-corrected chi connectivity index (χ0v) is 21.4. The minimum Gasteiger partial charge on any atom is -0.492 e. The third-order valence-electron chi connectivity index (χ3n) is 5.64. The summed E-state index contributed by atoms with van der Waals surface area (Å²) in [7, 11) is -3.49. The molecular formula is C25H27F3N2O6S. The fourth-order valence-electron chi connectivity index (χ4n) is 3.69. The molecule has 0 bridgehead atoms. The monoisotopic (exact) mass is 540 g/mol. The van der Waals surface area contributed by atoms with Crippen LogP contribution in [0.4, 0.5) is 13.2 Å². The molecule has 2 heterocycles. The van der Waals surface area contributed by atoms with Gasteiger partial charge in [-0.2, -0.15) is 13.2 Å². The molecule has 1 aliphatic heterocycles. The van der Waals surface area contributed by atoms with Crippen LogP contribution in [0.15, 0.2) is 53.1 Å². The molecule has 8 nitrogen and oxygen atoms in total. The Labute approximate surface area is 213 Å². The van der Waals surface area contributed by atoms with E-state index < -0.39 is 27.7 Å². The van der Waals surface area contributed by atoms with E-state index in [-0.39, 0.29) is 40.3 Å². The molecule has 1 aliphatic rings. The highest BCUT2D eigenvalue weighted by Gasteiger charge is 2.42. The zero-order chi connectivity index (χ0) is 27.4. The van der Waals surface area contributed by atoms with Crippen LogP contribution in [0.1, 0.15) is 26.7 Å². The SMILES string of the molecule is CC(C)=CC(=O)N1CCC(COc2cnc(-c3ccc(S(C)(=O)=O)cc3)c(OC(=O)C(F)(F)F)c2)CC1. The van der Waals surface area contributed by atoms with Crippen LogP contribution in [0.5, 0.6) is 11.5 Å². The number of hydrogen-bond acceptors (Lipinski definition) is 7. The Morgan fingerprint density at radius 3 is 2.30 bits per heavy atom. The van der Waals surface area contributed by atoms with Crippen LogP contribution in [-0.4, -0.2) is 62.3 Å². The van der Waals surface area contributed by atoms with Crippen LogP contribution in [0.25, 0.3) is 11.3 Å². The number of allylic oxidation sites excluding steroid dienone is 1. The van der Waals surface area contributed by atoms with Crippen molar-refractivity contribution in [2.75, 3.05) is 26.0 Å². The van der Waals surface area contributed by atoms with Gasteiger partial charge in [0.2, 0.25) is 5.91 Å². The number of alkyl halides is 3. The van der Waals surface area contributed by atoms with Gasteiger partial charge in [-0.3, -0.25) is 4.79 Å². The molecule has 1 aromatic carbocycles. The van der Waals surface area contributed by atoms with E-state index in [1.807, 2.05) is 13.8 Å². The van der Waals surface area contributed by atoms with Gasteiger partial charge in [-0.05, 0) is 44.7 Å². The average molecular weight is 541 g/mol. The van der Waals surface area contributed by atoms with Crippen molar-refractivity contribution in [1.82, 2.24) is 9.88 Å². The Bertz CT molecular complexity index is 1280. The van der Waals surface area contributed by atoms with Crippen LogP contribution in [0, 0.1) is 5.92 Å². The fraction of sp³-hybridized carbons (Fsp3) is 0.400. The van der Waals surface area contributed by atoms with Crippen molar-refractivity contribution in [1.29, 1.82) is 0 Å². The predicted octanol–water partition coefficient (Wildman–Crippen LogP) is 4.20. The first kappa shape index (κ1) is 28.2. The number of hydrogen-bond donors (Lipinski definition) is 0. The lowest BCUT2D eigenvalue weighted by Crippen LogP contribution is -2.39. The summed E-state index contributed by atoms with van der Waals surface area (Å²) in [5, 5.41) is 0. The molecule has 0 radical (unpaired) electrons. The molecule has 37 heavy (non-hydrogen) atoms. The molecule has 0 spiro atoms. The van der Waals surface area contributed by atoms with Gasteiger partial charge in [-0.1, -0.05) is 17.7 Å². The van der Waals surface area contributed by atoms with Crippen LogP contribution >= 0.6 is 0 Å². The standard InChI is InChI=1S/C25H27F3N2O6S/c1-16(2)12-22(31)30-10-8-17(9-11-30)15-35-19-13-21(36-24(32)25(26,27)28)23(29-14-19)18-4-6-20(7-5-18)37(3,33)34/h4-7,12-14,17H,8-11,15H2,1-3H3. The van der Waals surface area contributed by atoms with Crippen molar-refractivity contribution >= 4 is 21.7 Å². The van der Waals surface area contributed by atoms with Gasteiger partial charge in [0.15, 0.2) is 15.6 Å². The highest BCUT2D eigenvalue weighted by Crippen LogP contribution is 2.34. The number of esters is 1. The summed E-state index contributed by atoms with van der Waals surface area (Å²) in [6.45, 7) is 5.06. The Balaban J connectivity index is 1.75. The zero-order valence-electron chi connectivity index (χ0n) is 20.5. The third kappa shape index (κ3) is 7.78. The summed E-state index contributed by atoms with van der Waals surface area (Å²) in [6, 6.07) is 6.41. The van der Waals surface area contributed by atoms with Gasteiger partial charge in [-0.25, -0.2) is 18.2 Å². The number of halogens is 3. The highest BCUT2D eigenvalue weighted by molar-refractivity contribution is 7.90. The number of rotatable bonds is 7. The van der Waals surface area contributed by atoms with E-state index in [4.69, 9.17) is 4.74 Å². The summed E-state index contributed by atoms with van der Waals surface area (Å²) in [6.07, 6.45) is 0.0483. The summed E-state index contributed by atoms with van der Waals surface area (Å²) >= 11 is 0. The maximum atomic E-state index is 12.9. The average Bonchev–Trinajstić information content (AvgIpc) is 2.81. The molecule has 1 saturated heterocycles. The minimum absolute atomic E-state index is 0.0126. The number of pyridine rings is 1. The van der Waals surface area contributed by atoms with E-state index in [2.05, 4.69) is 9.72 Å². The number of amides is 1. The Kier molecular flexibility index (Phi) is 8.62. The fourth-order valence-corrected chi connectivity index (χ4v) is 4.32. The normalized spacial score (nSPS) is 14.7.